The van der Waals surface area contributed by atoms with Gasteiger partial charge in [-0.3, -0.25) is 0 Å². The maximum atomic E-state index is 10.6. The first kappa shape index (κ1) is 14.3. The third-order valence-corrected chi connectivity index (χ3v) is 10.0. The van der Waals surface area contributed by atoms with E-state index in [1.54, 1.807) is 0 Å². The van der Waals surface area contributed by atoms with Gasteiger partial charge in [0.2, 0.25) is 0 Å². The highest BCUT2D eigenvalue weighted by Gasteiger charge is 2.78. The summed E-state index contributed by atoms with van der Waals surface area (Å²) in [5, 5.41) is 20.7. The van der Waals surface area contributed by atoms with E-state index in [0.717, 1.165) is 24.2 Å². The average Bonchev–Trinajstić information content (AvgIpc) is 2.94. The zero-order valence-corrected chi connectivity index (χ0v) is 14.4. The summed E-state index contributed by atoms with van der Waals surface area (Å²) in [5.41, 5.74) is 1.40. The predicted octanol–water partition coefficient (Wildman–Crippen LogP) is 3.61. The zero-order valence-electron chi connectivity index (χ0n) is 14.4. The number of aliphatic hydroxyl groups is 2. The molecular formula is C20H32O2. The number of fused-ring (bicyclic) bond motifs is 1. The Hall–Kier alpha value is -0.0800. The van der Waals surface area contributed by atoms with Crippen molar-refractivity contribution >= 4 is 0 Å². The number of rotatable bonds is 1. The molecule has 0 aliphatic heterocycles. The monoisotopic (exact) mass is 304 g/mol. The highest BCUT2D eigenvalue weighted by Crippen LogP contribution is 2.85. The molecule has 0 saturated heterocycles. The minimum absolute atomic E-state index is 0.151. The van der Waals surface area contributed by atoms with Crippen LogP contribution in [0.1, 0.15) is 65.7 Å². The summed E-state index contributed by atoms with van der Waals surface area (Å²) in [6.45, 7) is 7.40. The van der Waals surface area contributed by atoms with Crippen molar-refractivity contribution in [1.29, 1.82) is 0 Å². The Morgan fingerprint density at radius 3 is 2.36 bits per heavy atom. The summed E-state index contributed by atoms with van der Waals surface area (Å²) in [4.78, 5) is 0. The van der Waals surface area contributed by atoms with Gasteiger partial charge in [-0.15, -0.1) is 0 Å². The second kappa shape index (κ2) is 3.77. The molecule has 6 aliphatic rings. The van der Waals surface area contributed by atoms with Crippen molar-refractivity contribution in [1.82, 2.24) is 0 Å². The van der Waals surface area contributed by atoms with E-state index in [2.05, 4.69) is 20.8 Å². The van der Waals surface area contributed by atoms with E-state index < -0.39 is 0 Å². The van der Waals surface area contributed by atoms with Gasteiger partial charge in [-0.25, -0.2) is 0 Å². The number of hydrogen-bond donors (Lipinski definition) is 2. The van der Waals surface area contributed by atoms with Gasteiger partial charge in [-0.05, 0) is 84.9 Å². The van der Waals surface area contributed by atoms with Crippen molar-refractivity contribution in [3.8, 4) is 0 Å². The van der Waals surface area contributed by atoms with Gasteiger partial charge in [0.1, 0.15) is 0 Å². The second-order valence-electron chi connectivity index (χ2n) is 10.6. The van der Waals surface area contributed by atoms with Gasteiger partial charge in [0, 0.05) is 5.41 Å². The molecule has 6 rings (SSSR count). The molecule has 0 aromatic carbocycles. The van der Waals surface area contributed by atoms with Crippen LogP contribution in [0.4, 0.5) is 0 Å². The van der Waals surface area contributed by atoms with Crippen LogP contribution in [-0.2, 0) is 0 Å². The van der Waals surface area contributed by atoms with Gasteiger partial charge >= 0.3 is 0 Å². The van der Waals surface area contributed by atoms with Crippen LogP contribution >= 0.6 is 0 Å². The van der Waals surface area contributed by atoms with Crippen molar-refractivity contribution in [2.45, 2.75) is 71.8 Å². The van der Waals surface area contributed by atoms with Crippen molar-refractivity contribution in [2.75, 3.05) is 6.61 Å². The molecule has 6 saturated carbocycles. The van der Waals surface area contributed by atoms with Gasteiger partial charge in [0.25, 0.3) is 0 Å². The van der Waals surface area contributed by atoms with Gasteiger partial charge < -0.3 is 10.2 Å². The van der Waals surface area contributed by atoms with Crippen LogP contribution in [0.3, 0.4) is 0 Å². The minimum atomic E-state index is -0.312. The molecule has 124 valence electrons. The maximum Gasteiger partial charge on any atom is 0.0618 e. The van der Waals surface area contributed by atoms with Gasteiger partial charge in [-0.1, -0.05) is 20.8 Å². The molecular weight excluding hydrogens is 272 g/mol. The van der Waals surface area contributed by atoms with Crippen LogP contribution in [-0.4, -0.2) is 22.9 Å². The molecule has 2 N–H and O–H groups in total. The van der Waals surface area contributed by atoms with Crippen LogP contribution in [0.25, 0.3) is 0 Å². The molecule has 2 nitrogen and oxygen atoms in total. The van der Waals surface area contributed by atoms with Gasteiger partial charge in [0.05, 0.1) is 12.7 Å². The maximum absolute atomic E-state index is 10.6. The minimum Gasteiger partial charge on any atom is -0.396 e. The Morgan fingerprint density at radius 1 is 0.955 bits per heavy atom. The molecule has 0 radical (unpaired) electrons. The summed E-state index contributed by atoms with van der Waals surface area (Å²) in [7, 11) is 0. The smallest absolute Gasteiger partial charge is 0.0618 e. The van der Waals surface area contributed by atoms with E-state index in [1.165, 1.54) is 38.5 Å². The lowest BCUT2D eigenvalue weighted by molar-refractivity contribution is -0.205. The predicted molar refractivity (Wildman–Crippen MR) is 86.1 cm³/mol. The third kappa shape index (κ3) is 1.30. The van der Waals surface area contributed by atoms with E-state index >= 15 is 0 Å². The summed E-state index contributed by atoms with van der Waals surface area (Å²) < 4.78 is 0. The fraction of sp³-hybridized carbons (Fsp3) is 1.00. The van der Waals surface area contributed by atoms with E-state index in [9.17, 15) is 10.2 Å². The van der Waals surface area contributed by atoms with Gasteiger partial charge in [-0.2, -0.15) is 0 Å². The van der Waals surface area contributed by atoms with E-state index in [1.807, 2.05) is 0 Å². The molecule has 6 fully saturated rings. The SMILES string of the molecule is C[C@@]12CC[C@H](O)[C@](C)(CO)[C@H]1CC[C@@]13CC4[C@H](C[C@H]12)[C@]4(C)C3. The molecule has 22 heavy (non-hydrogen) atoms. The average molecular weight is 304 g/mol. The lowest BCUT2D eigenvalue weighted by Gasteiger charge is -2.66. The molecule has 0 heterocycles. The lowest BCUT2D eigenvalue weighted by Crippen LogP contribution is -2.62. The lowest BCUT2D eigenvalue weighted by atomic mass is 9.39. The largest absolute Gasteiger partial charge is 0.396 e. The molecule has 0 aromatic rings. The molecule has 0 amide bonds. The highest BCUT2D eigenvalue weighted by atomic mass is 16.3. The van der Waals surface area contributed by atoms with E-state index in [4.69, 9.17) is 0 Å². The fourth-order valence-corrected chi connectivity index (χ4v) is 8.87. The molecule has 0 aromatic heterocycles. The molecule has 1 spiro atoms. The second-order valence-corrected chi connectivity index (χ2v) is 10.6. The summed E-state index contributed by atoms with van der Waals surface area (Å²) >= 11 is 0. The fourth-order valence-electron chi connectivity index (χ4n) is 8.87. The summed E-state index contributed by atoms with van der Waals surface area (Å²) in [6.07, 6.45) is 8.78. The van der Waals surface area contributed by atoms with E-state index in [-0.39, 0.29) is 18.1 Å². The van der Waals surface area contributed by atoms with Crippen molar-refractivity contribution in [3.05, 3.63) is 0 Å². The zero-order chi connectivity index (χ0) is 15.5. The molecule has 9 atom stereocenters. The van der Waals surface area contributed by atoms with Crippen LogP contribution in [0.2, 0.25) is 0 Å². The molecule has 6 aliphatic carbocycles. The van der Waals surface area contributed by atoms with E-state index in [0.29, 0.717) is 22.2 Å². The Morgan fingerprint density at radius 2 is 1.73 bits per heavy atom. The van der Waals surface area contributed by atoms with Crippen molar-refractivity contribution in [2.24, 2.45) is 45.3 Å². The Kier molecular flexibility index (Phi) is 2.45. The first-order valence-corrected chi connectivity index (χ1v) is 9.59. The number of aliphatic hydroxyl groups excluding tert-OH is 2. The van der Waals surface area contributed by atoms with Crippen LogP contribution < -0.4 is 0 Å². The van der Waals surface area contributed by atoms with Crippen LogP contribution in [0, 0.1) is 45.3 Å². The highest BCUT2D eigenvalue weighted by molar-refractivity contribution is 5.27. The third-order valence-electron chi connectivity index (χ3n) is 10.0. The molecule has 4 bridgehead atoms. The first-order valence-electron chi connectivity index (χ1n) is 9.59. The molecule has 2 heteroatoms. The standard InChI is InChI=1S/C20H32O2/c1-17-6-5-16(22)19(3,11-21)14(17)4-7-20-9-13-12(8-15(17)20)18(13,2)10-20/h12-16,21-22H,4-11H2,1-3H3/t12-,13?,14-,15-,16-,17+,18-,19+,20-/m0/s1. The normalized spacial score (nSPS) is 68.3. The Labute approximate surface area is 134 Å². The van der Waals surface area contributed by atoms with Crippen molar-refractivity contribution < 1.29 is 10.2 Å². The van der Waals surface area contributed by atoms with Crippen LogP contribution in [0.15, 0.2) is 0 Å². The Balaban J connectivity index is 1.55. The first-order chi connectivity index (χ1) is 10.3. The number of hydrogen-bond acceptors (Lipinski definition) is 2. The van der Waals surface area contributed by atoms with Crippen molar-refractivity contribution in [3.63, 3.8) is 0 Å². The summed E-state index contributed by atoms with van der Waals surface area (Å²) in [5.74, 6) is 3.41. The Bertz CT molecular complexity index is 532. The quantitative estimate of drug-likeness (QED) is 0.777. The van der Waals surface area contributed by atoms with Crippen LogP contribution in [0.5, 0.6) is 0 Å². The molecule has 1 unspecified atom stereocenters. The topological polar surface area (TPSA) is 40.5 Å². The summed E-state index contributed by atoms with van der Waals surface area (Å²) in [6, 6.07) is 0. The van der Waals surface area contributed by atoms with Gasteiger partial charge in [0.15, 0.2) is 0 Å².